The van der Waals surface area contributed by atoms with E-state index in [9.17, 15) is 9.90 Å². The maximum atomic E-state index is 10.9. The molecule has 0 aliphatic heterocycles. The van der Waals surface area contributed by atoms with Gasteiger partial charge in [0.1, 0.15) is 6.10 Å². The molecule has 1 amide bonds. The summed E-state index contributed by atoms with van der Waals surface area (Å²) in [6.07, 6.45) is 1.95. The fourth-order valence-electron chi connectivity index (χ4n) is 1.95. The van der Waals surface area contributed by atoms with Crippen molar-refractivity contribution in [3.8, 4) is 0 Å². The second-order valence-electron chi connectivity index (χ2n) is 5.20. The summed E-state index contributed by atoms with van der Waals surface area (Å²) in [5.41, 5.74) is 10.5. The average Bonchev–Trinajstić information content (AvgIpc) is 2.09. The van der Waals surface area contributed by atoms with Crippen molar-refractivity contribution >= 4 is 5.91 Å². The Labute approximate surface area is 84.7 Å². The summed E-state index contributed by atoms with van der Waals surface area (Å²) in [6.45, 7) is 4.34. The van der Waals surface area contributed by atoms with E-state index < -0.39 is 17.6 Å². The molecule has 1 fully saturated rings. The van der Waals surface area contributed by atoms with Crippen LogP contribution in [-0.4, -0.2) is 22.7 Å². The van der Waals surface area contributed by atoms with E-state index in [1.54, 1.807) is 0 Å². The van der Waals surface area contributed by atoms with Gasteiger partial charge < -0.3 is 16.6 Å². The molecule has 1 atom stereocenters. The normalized spacial score (nSPS) is 26.9. The molecule has 82 valence electrons. The lowest BCUT2D eigenvalue weighted by atomic mass is 9.68. The molecule has 0 aromatic heterocycles. The Morgan fingerprint density at radius 2 is 1.71 bits per heavy atom. The van der Waals surface area contributed by atoms with Crippen LogP contribution in [0.2, 0.25) is 0 Å². The van der Waals surface area contributed by atoms with Crippen molar-refractivity contribution in [2.75, 3.05) is 0 Å². The molecule has 0 saturated heterocycles. The summed E-state index contributed by atoms with van der Waals surface area (Å²) in [7, 11) is 0. The van der Waals surface area contributed by atoms with Gasteiger partial charge in [0.25, 0.3) is 0 Å². The number of hydrogen-bond acceptors (Lipinski definition) is 3. The van der Waals surface area contributed by atoms with E-state index in [1.165, 1.54) is 0 Å². The van der Waals surface area contributed by atoms with Crippen LogP contribution < -0.4 is 11.5 Å². The van der Waals surface area contributed by atoms with E-state index in [-0.39, 0.29) is 5.41 Å². The van der Waals surface area contributed by atoms with Gasteiger partial charge in [0.2, 0.25) is 5.91 Å². The Hall–Kier alpha value is -0.610. The highest BCUT2D eigenvalue weighted by molar-refractivity contribution is 5.80. The van der Waals surface area contributed by atoms with Crippen molar-refractivity contribution in [2.24, 2.45) is 16.9 Å². The van der Waals surface area contributed by atoms with Crippen LogP contribution in [0.15, 0.2) is 0 Å². The lowest BCUT2D eigenvalue weighted by Crippen LogP contribution is -2.58. The summed E-state index contributed by atoms with van der Waals surface area (Å²) in [5, 5.41) is 9.58. The van der Waals surface area contributed by atoms with E-state index in [4.69, 9.17) is 11.5 Å². The first-order valence-electron chi connectivity index (χ1n) is 5.03. The molecule has 0 aromatic rings. The van der Waals surface area contributed by atoms with Crippen LogP contribution in [0.1, 0.15) is 39.5 Å². The SMILES string of the molecule is CC1(C)CCC(N)(C(O)C(N)=O)CC1. The first kappa shape index (κ1) is 11.5. The Kier molecular flexibility index (Phi) is 2.88. The average molecular weight is 200 g/mol. The summed E-state index contributed by atoms with van der Waals surface area (Å²) in [4.78, 5) is 10.9. The van der Waals surface area contributed by atoms with Crippen molar-refractivity contribution in [3.05, 3.63) is 0 Å². The molecule has 0 aromatic carbocycles. The van der Waals surface area contributed by atoms with E-state index in [1.807, 2.05) is 0 Å². The van der Waals surface area contributed by atoms with Crippen LogP contribution in [0.5, 0.6) is 0 Å². The summed E-state index contributed by atoms with van der Waals surface area (Å²) < 4.78 is 0. The quantitative estimate of drug-likeness (QED) is 0.592. The summed E-state index contributed by atoms with van der Waals surface area (Å²) in [6, 6.07) is 0. The third-order valence-corrected chi connectivity index (χ3v) is 3.35. The number of aliphatic hydroxyl groups excluding tert-OH is 1. The highest BCUT2D eigenvalue weighted by Crippen LogP contribution is 2.40. The number of rotatable bonds is 2. The van der Waals surface area contributed by atoms with Gasteiger partial charge in [-0.3, -0.25) is 4.79 Å². The van der Waals surface area contributed by atoms with E-state index in [2.05, 4.69) is 13.8 Å². The number of aliphatic hydroxyl groups is 1. The molecule has 5 N–H and O–H groups in total. The lowest BCUT2D eigenvalue weighted by molar-refractivity contribution is -0.131. The molecular formula is C10H20N2O2. The topological polar surface area (TPSA) is 89.3 Å². The number of nitrogens with two attached hydrogens (primary N) is 2. The lowest BCUT2D eigenvalue weighted by Gasteiger charge is -2.42. The molecule has 1 aliphatic rings. The maximum absolute atomic E-state index is 10.9. The van der Waals surface area contributed by atoms with Crippen LogP contribution in [0.4, 0.5) is 0 Å². The fourth-order valence-corrected chi connectivity index (χ4v) is 1.95. The van der Waals surface area contributed by atoms with Crippen molar-refractivity contribution in [3.63, 3.8) is 0 Å². The zero-order valence-electron chi connectivity index (χ0n) is 8.92. The van der Waals surface area contributed by atoms with Crippen LogP contribution in [0.25, 0.3) is 0 Å². The fraction of sp³-hybridized carbons (Fsp3) is 0.900. The third kappa shape index (κ3) is 2.25. The largest absolute Gasteiger partial charge is 0.381 e. The predicted molar refractivity (Wildman–Crippen MR) is 54.4 cm³/mol. The van der Waals surface area contributed by atoms with Gasteiger partial charge >= 0.3 is 0 Å². The minimum Gasteiger partial charge on any atom is -0.381 e. The first-order chi connectivity index (χ1) is 6.27. The Morgan fingerprint density at radius 3 is 2.07 bits per heavy atom. The molecule has 1 unspecified atom stereocenters. The van der Waals surface area contributed by atoms with E-state index >= 15 is 0 Å². The molecule has 0 radical (unpaired) electrons. The van der Waals surface area contributed by atoms with Crippen molar-refractivity contribution in [1.29, 1.82) is 0 Å². The maximum Gasteiger partial charge on any atom is 0.248 e. The standard InChI is InChI=1S/C10H20N2O2/c1-9(2)3-5-10(12,6-4-9)7(13)8(11)14/h7,13H,3-6,12H2,1-2H3,(H2,11,14). The molecule has 4 heteroatoms. The second-order valence-corrected chi connectivity index (χ2v) is 5.20. The third-order valence-electron chi connectivity index (χ3n) is 3.35. The Bertz CT molecular complexity index is 228. The predicted octanol–water partition coefficient (Wildman–Crippen LogP) is 0.130. The molecule has 1 rings (SSSR count). The molecule has 1 saturated carbocycles. The van der Waals surface area contributed by atoms with Gasteiger partial charge in [-0.25, -0.2) is 0 Å². The van der Waals surface area contributed by atoms with Crippen LogP contribution in [0, 0.1) is 5.41 Å². The summed E-state index contributed by atoms with van der Waals surface area (Å²) >= 11 is 0. The monoisotopic (exact) mass is 200 g/mol. The minimum atomic E-state index is -1.21. The van der Waals surface area contributed by atoms with Gasteiger partial charge in [-0.2, -0.15) is 0 Å². The van der Waals surface area contributed by atoms with E-state index in [0.29, 0.717) is 12.8 Å². The van der Waals surface area contributed by atoms with Crippen LogP contribution in [-0.2, 0) is 4.79 Å². The molecule has 0 spiro atoms. The van der Waals surface area contributed by atoms with Crippen molar-refractivity contribution < 1.29 is 9.90 Å². The number of amides is 1. The molecule has 14 heavy (non-hydrogen) atoms. The molecule has 0 heterocycles. The first-order valence-corrected chi connectivity index (χ1v) is 5.03. The zero-order chi connectivity index (χ0) is 11.0. The minimum absolute atomic E-state index is 0.264. The summed E-state index contributed by atoms with van der Waals surface area (Å²) in [5.74, 6) is -0.716. The van der Waals surface area contributed by atoms with E-state index in [0.717, 1.165) is 12.8 Å². The number of carbonyl (C=O) groups is 1. The smallest absolute Gasteiger partial charge is 0.248 e. The zero-order valence-corrected chi connectivity index (χ0v) is 8.92. The van der Waals surface area contributed by atoms with Crippen LogP contribution >= 0.6 is 0 Å². The second kappa shape index (κ2) is 3.51. The molecular weight excluding hydrogens is 180 g/mol. The highest BCUT2D eigenvalue weighted by atomic mass is 16.3. The van der Waals surface area contributed by atoms with Crippen molar-refractivity contribution in [1.82, 2.24) is 0 Å². The Morgan fingerprint density at radius 1 is 1.29 bits per heavy atom. The number of hydrogen-bond donors (Lipinski definition) is 3. The molecule has 4 nitrogen and oxygen atoms in total. The van der Waals surface area contributed by atoms with Crippen molar-refractivity contribution in [2.45, 2.75) is 51.2 Å². The van der Waals surface area contributed by atoms with Gasteiger partial charge in [-0.15, -0.1) is 0 Å². The van der Waals surface area contributed by atoms with Gasteiger partial charge in [0.15, 0.2) is 0 Å². The Balaban J connectivity index is 2.66. The molecule has 1 aliphatic carbocycles. The van der Waals surface area contributed by atoms with Gasteiger partial charge in [0.05, 0.1) is 5.54 Å². The van der Waals surface area contributed by atoms with Gasteiger partial charge in [0, 0.05) is 0 Å². The number of carbonyl (C=O) groups excluding carboxylic acids is 1. The van der Waals surface area contributed by atoms with Gasteiger partial charge in [-0.05, 0) is 31.1 Å². The van der Waals surface area contributed by atoms with Crippen LogP contribution in [0.3, 0.4) is 0 Å². The highest BCUT2D eigenvalue weighted by Gasteiger charge is 2.42. The number of primary amides is 1. The van der Waals surface area contributed by atoms with Gasteiger partial charge in [-0.1, -0.05) is 13.8 Å². The molecule has 0 bridgehead atoms.